The van der Waals surface area contributed by atoms with Crippen LogP contribution in [0.25, 0.3) is 0 Å². The van der Waals surface area contributed by atoms with Gasteiger partial charge in [-0.15, -0.1) is 0 Å². The van der Waals surface area contributed by atoms with Crippen molar-refractivity contribution < 1.29 is 27.0 Å². The summed E-state index contributed by atoms with van der Waals surface area (Å²) in [6, 6.07) is 0.112. The van der Waals surface area contributed by atoms with Crippen LogP contribution < -0.4 is 15.2 Å². The third kappa shape index (κ3) is 2.57. The Bertz CT molecular complexity index is 484. The average Bonchev–Trinajstić information content (AvgIpc) is 2.36. The van der Waals surface area contributed by atoms with Crippen molar-refractivity contribution in [3.63, 3.8) is 0 Å². The number of halogens is 5. The Labute approximate surface area is 111 Å². The third-order valence-electron chi connectivity index (χ3n) is 2.70. The van der Waals surface area contributed by atoms with Gasteiger partial charge < -0.3 is 15.2 Å². The summed E-state index contributed by atoms with van der Waals surface area (Å²) in [5, 5.41) is -0.169. The van der Waals surface area contributed by atoms with Gasteiger partial charge in [0.05, 0.1) is 0 Å². The zero-order chi connectivity index (χ0) is 14.2. The van der Waals surface area contributed by atoms with Crippen molar-refractivity contribution in [3.05, 3.63) is 22.7 Å². The summed E-state index contributed by atoms with van der Waals surface area (Å²) >= 11 is 5.77. The zero-order valence-electron chi connectivity index (χ0n) is 9.51. The molecule has 106 valence electrons. The lowest BCUT2D eigenvalue weighted by Gasteiger charge is -2.26. The van der Waals surface area contributed by atoms with Crippen molar-refractivity contribution in [2.45, 2.75) is 18.4 Å². The molecule has 3 nitrogen and oxygen atoms in total. The first-order chi connectivity index (χ1) is 8.84. The minimum atomic E-state index is -4.38. The van der Waals surface area contributed by atoms with Crippen molar-refractivity contribution in [1.29, 1.82) is 0 Å². The minimum absolute atomic E-state index is 0.158. The Kier molecular flexibility index (Phi) is 3.78. The van der Waals surface area contributed by atoms with Crippen LogP contribution in [-0.2, 0) is 0 Å². The second kappa shape index (κ2) is 5.05. The zero-order valence-corrected chi connectivity index (χ0v) is 10.3. The van der Waals surface area contributed by atoms with Gasteiger partial charge in [0.15, 0.2) is 11.5 Å². The largest absolute Gasteiger partial charge is 0.486 e. The number of fused-ring (bicyclic) bond motifs is 1. The van der Waals surface area contributed by atoms with Gasteiger partial charge in [0.1, 0.15) is 19.3 Å². The molecule has 0 bridgehead atoms. The number of rotatable bonds is 3. The molecule has 8 heteroatoms. The lowest BCUT2D eigenvalue weighted by atomic mass is 10.0. The van der Waals surface area contributed by atoms with Crippen LogP contribution in [0.15, 0.2) is 12.1 Å². The van der Waals surface area contributed by atoms with E-state index in [1.807, 2.05) is 0 Å². The molecule has 1 aliphatic rings. The van der Waals surface area contributed by atoms with Crippen LogP contribution >= 0.6 is 11.6 Å². The van der Waals surface area contributed by atoms with E-state index in [2.05, 4.69) is 0 Å². The molecule has 0 saturated carbocycles. The van der Waals surface area contributed by atoms with Crippen molar-refractivity contribution in [3.8, 4) is 11.5 Å². The van der Waals surface area contributed by atoms with E-state index >= 15 is 0 Å². The topological polar surface area (TPSA) is 44.5 Å². The first-order valence-electron chi connectivity index (χ1n) is 5.34. The molecule has 0 saturated heterocycles. The summed E-state index contributed by atoms with van der Waals surface area (Å²) in [6.07, 6.45) is -3.88. The lowest BCUT2D eigenvalue weighted by molar-refractivity contribution is -0.144. The highest BCUT2D eigenvalue weighted by Crippen LogP contribution is 2.42. The summed E-state index contributed by atoms with van der Waals surface area (Å²) < 4.78 is 61.4. The predicted molar refractivity (Wildman–Crippen MR) is 60.3 cm³/mol. The maximum atomic E-state index is 13.2. The molecule has 2 rings (SSSR count). The van der Waals surface area contributed by atoms with E-state index in [0.717, 1.165) is 6.07 Å². The molecule has 1 aliphatic heterocycles. The summed E-state index contributed by atoms with van der Waals surface area (Å²) in [6.45, 7) is 0.524. The van der Waals surface area contributed by atoms with Crippen molar-refractivity contribution in [1.82, 2.24) is 0 Å². The molecule has 2 N–H and O–H groups in total. The summed E-state index contributed by atoms with van der Waals surface area (Å²) in [5.74, 6) is -3.95. The smallest absolute Gasteiger partial charge is 0.326 e. The number of benzene rings is 1. The highest BCUT2D eigenvalue weighted by molar-refractivity contribution is 6.31. The highest BCUT2D eigenvalue weighted by atomic mass is 35.5. The summed E-state index contributed by atoms with van der Waals surface area (Å²) in [7, 11) is 0. The average molecular weight is 300 g/mol. The van der Waals surface area contributed by atoms with Crippen molar-refractivity contribution >= 4 is 11.6 Å². The van der Waals surface area contributed by atoms with Gasteiger partial charge in [-0.25, -0.2) is 8.78 Å². The SMILES string of the molecule is NC(c1cc2c(cc1Cl)OCCO2)C(F)(F)C(F)F. The van der Waals surface area contributed by atoms with E-state index in [-0.39, 0.29) is 28.7 Å². The van der Waals surface area contributed by atoms with Gasteiger partial charge >= 0.3 is 12.3 Å². The van der Waals surface area contributed by atoms with Crippen LogP contribution in [-0.4, -0.2) is 25.6 Å². The number of hydrogen-bond acceptors (Lipinski definition) is 3. The Balaban J connectivity index is 2.40. The van der Waals surface area contributed by atoms with Gasteiger partial charge in [-0.2, -0.15) is 8.78 Å². The number of ether oxygens (including phenoxy) is 2. The Morgan fingerprint density at radius 2 is 1.68 bits per heavy atom. The predicted octanol–water partition coefficient (Wildman–Crippen LogP) is 3.01. The second-order valence-corrected chi connectivity index (χ2v) is 4.38. The van der Waals surface area contributed by atoms with Gasteiger partial charge in [-0.3, -0.25) is 0 Å². The lowest BCUT2D eigenvalue weighted by Crippen LogP contribution is -2.39. The van der Waals surface area contributed by atoms with E-state index in [1.165, 1.54) is 6.07 Å². The van der Waals surface area contributed by atoms with Crippen LogP contribution in [0.4, 0.5) is 17.6 Å². The summed E-state index contributed by atoms with van der Waals surface area (Å²) in [5.41, 5.74) is 4.89. The fourth-order valence-corrected chi connectivity index (χ4v) is 1.93. The van der Waals surface area contributed by atoms with E-state index in [9.17, 15) is 17.6 Å². The Morgan fingerprint density at radius 3 is 2.21 bits per heavy atom. The number of alkyl halides is 4. The van der Waals surface area contributed by atoms with Gasteiger partial charge in [-0.1, -0.05) is 11.6 Å². The third-order valence-corrected chi connectivity index (χ3v) is 3.03. The Morgan fingerprint density at radius 1 is 1.16 bits per heavy atom. The maximum absolute atomic E-state index is 13.2. The van der Waals surface area contributed by atoms with Crippen molar-refractivity contribution in [2.75, 3.05) is 13.2 Å². The van der Waals surface area contributed by atoms with E-state index in [1.54, 1.807) is 0 Å². The van der Waals surface area contributed by atoms with E-state index in [0.29, 0.717) is 6.61 Å². The molecule has 0 aliphatic carbocycles. The van der Waals surface area contributed by atoms with Crippen LogP contribution in [0.3, 0.4) is 0 Å². The fourth-order valence-electron chi connectivity index (χ4n) is 1.66. The van der Waals surface area contributed by atoms with E-state index in [4.69, 9.17) is 26.8 Å². The molecule has 1 atom stereocenters. The quantitative estimate of drug-likeness (QED) is 0.873. The minimum Gasteiger partial charge on any atom is -0.486 e. The number of nitrogens with two attached hydrogens (primary N) is 1. The molecular formula is C11H10ClF4NO2. The molecule has 0 aromatic heterocycles. The molecule has 1 heterocycles. The van der Waals surface area contributed by atoms with Gasteiger partial charge in [0.25, 0.3) is 0 Å². The highest BCUT2D eigenvalue weighted by Gasteiger charge is 2.48. The molecular weight excluding hydrogens is 290 g/mol. The maximum Gasteiger partial charge on any atom is 0.326 e. The van der Waals surface area contributed by atoms with E-state index < -0.39 is 18.4 Å². The molecule has 0 spiro atoms. The van der Waals surface area contributed by atoms with Crippen molar-refractivity contribution in [2.24, 2.45) is 5.73 Å². The fraction of sp³-hybridized carbons (Fsp3) is 0.455. The number of hydrogen-bond donors (Lipinski definition) is 1. The van der Waals surface area contributed by atoms with Crippen LogP contribution in [0, 0.1) is 0 Å². The molecule has 0 radical (unpaired) electrons. The van der Waals surface area contributed by atoms with Gasteiger partial charge in [-0.05, 0) is 11.6 Å². The Hall–Kier alpha value is -1.21. The summed E-state index contributed by atoms with van der Waals surface area (Å²) in [4.78, 5) is 0. The molecule has 0 fully saturated rings. The molecule has 0 amide bonds. The normalized spacial score (nSPS) is 16.6. The van der Waals surface area contributed by atoms with Gasteiger partial charge in [0.2, 0.25) is 0 Å². The van der Waals surface area contributed by atoms with Crippen LogP contribution in [0.1, 0.15) is 11.6 Å². The first kappa shape index (κ1) is 14.2. The molecule has 19 heavy (non-hydrogen) atoms. The van der Waals surface area contributed by atoms with Crippen LogP contribution in [0.2, 0.25) is 5.02 Å². The molecule has 1 aromatic carbocycles. The first-order valence-corrected chi connectivity index (χ1v) is 5.72. The molecule has 1 aromatic rings. The standard InChI is InChI=1S/C11H10ClF4NO2/c12-6-4-8-7(18-1-2-19-8)3-5(6)9(17)11(15,16)10(13)14/h3-4,9-10H,1-2,17H2. The second-order valence-electron chi connectivity index (χ2n) is 3.97. The van der Waals surface area contributed by atoms with Gasteiger partial charge in [0, 0.05) is 11.1 Å². The molecule has 1 unspecified atom stereocenters. The van der Waals surface area contributed by atoms with Crippen LogP contribution in [0.5, 0.6) is 11.5 Å². The monoisotopic (exact) mass is 299 g/mol.